The minimum absolute atomic E-state index is 0.0974. The number of benzene rings is 2. The van der Waals surface area contributed by atoms with Gasteiger partial charge in [0.15, 0.2) is 0 Å². The third kappa shape index (κ3) is 4.58. The summed E-state index contributed by atoms with van der Waals surface area (Å²) in [6.07, 6.45) is 0. The molecule has 0 atom stereocenters. The van der Waals surface area contributed by atoms with Crippen LogP contribution in [0.5, 0.6) is 0 Å². The predicted molar refractivity (Wildman–Crippen MR) is 113 cm³/mol. The Hall–Kier alpha value is -2.90. The molecule has 6 nitrogen and oxygen atoms in total. The first kappa shape index (κ1) is 19.4. The highest BCUT2D eigenvalue weighted by molar-refractivity contribution is 6.30. The Morgan fingerprint density at radius 2 is 1.86 bits per heavy atom. The van der Waals surface area contributed by atoms with Crippen LogP contribution in [0.25, 0.3) is 10.9 Å². The van der Waals surface area contributed by atoms with E-state index < -0.39 is 5.82 Å². The number of carbonyl (C=O) groups excluding carboxylic acids is 1. The highest BCUT2D eigenvalue weighted by Gasteiger charge is 2.20. The zero-order valence-corrected chi connectivity index (χ0v) is 16.4. The molecule has 1 saturated heterocycles. The van der Waals surface area contributed by atoms with Crippen molar-refractivity contribution < 1.29 is 9.18 Å². The van der Waals surface area contributed by atoms with Gasteiger partial charge in [0.25, 0.3) is 0 Å². The van der Waals surface area contributed by atoms with Gasteiger partial charge in [-0.2, -0.15) is 0 Å². The van der Waals surface area contributed by atoms with Crippen LogP contribution in [0.2, 0.25) is 5.02 Å². The molecule has 1 fully saturated rings. The minimum Gasteiger partial charge on any atom is -0.369 e. The third-order valence-electron chi connectivity index (χ3n) is 5.02. The number of amides is 1. The van der Waals surface area contributed by atoms with Crippen LogP contribution in [0.15, 0.2) is 53.3 Å². The van der Waals surface area contributed by atoms with Gasteiger partial charge in [-0.3, -0.25) is 14.5 Å². The number of anilines is 2. The molecule has 0 saturated carbocycles. The molecule has 1 aromatic heterocycles. The lowest BCUT2D eigenvalue weighted by atomic mass is 10.2. The number of aromatic amines is 1. The van der Waals surface area contributed by atoms with Crippen LogP contribution >= 0.6 is 11.6 Å². The summed E-state index contributed by atoms with van der Waals surface area (Å²) < 4.78 is 13.7. The van der Waals surface area contributed by atoms with E-state index in [9.17, 15) is 14.0 Å². The lowest BCUT2D eigenvalue weighted by Crippen LogP contribution is -2.48. The number of aromatic nitrogens is 1. The first-order chi connectivity index (χ1) is 14.0. The summed E-state index contributed by atoms with van der Waals surface area (Å²) in [7, 11) is 0. The summed E-state index contributed by atoms with van der Waals surface area (Å²) in [5.74, 6) is -0.523. The van der Waals surface area contributed by atoms with E-state index in [4.69, 9.17) is 11.6 Å². The van der Waals surface area contributed by atoms with Gasteiger partial charge < -0.3 is 15.2 Å². The molecule has 1 amide bonds. The summed E-state index contributed by atoms with van der Waals surface area (Å²) in [4.78, 5) is 30.7. The SMILES string of the molecule is O=C(CN1CCN(c2ccc(Cl)c(F)c2)CC1)Nc1ccc2[nH]c(=O)ccc2c1. The monoisotopic (exact) mass is 414 g/mol. The van der Waals surface area contributed by atoms with E-state index in [0.717, 1.165) is 16.6 Å². The standard InChI is InChI=1S/C21H20ClFN4O2/c22-17-4-3-16(12-18(17)23)27-9-7-26(8-10-27)13-21(29)24-15-2-5-19-14(11-15)1-6-20(28)25-19/h1-6,11-12H,7-10,13H2,(H,24,29)(H,25,28). The molecule has 1 aliphatic rings. The second kappa shape index (κ2) is 8.23. The van der Waals surface area contributed by atoms with Crippen molar-refractivity contribution in [3.63, 3.8) is 0 Å². The van der Waals surface area contributed by atoms with Crippen LogP contribution in [-0.2, 0) is 4.79 Å². The predicted octanol–water partition coefficient (Wildman–Crippen LogP) is 3.08. The number of halogens is 2. The molecule has 8 heteroatoms. The lowest BCUT2D eigenvalue weighted by Gasteiger charge is -2.35. The van der Waals surface area contributed by atoms with Crippen LogP contribution in [0.4, 0.5) is 15.8 Å². The smallest absolute Gasteiger partial charge is 0.248 e. The number of carbonyl (C=O) groups is 1. The van der Waals surface area contributed by atoms with Gasteiger partial charge in [-0.1, -0.05) is 11.6 Å². The highest BCUT2D eigenvalue weighted by Crippen LogP contribution is 2.23. The van der Waals surface area contributed by atoms with Crippen LogP contribution in [0, 0.1) is 5.82 Å². The van der Waals surface area contributed by atoms with Crippen molar-refractivity contribution in [2.24, 2.45) is 0 Å². The molecule has 2 aromatic carbocycles. The molecule has 150 valence electrons. The van der Waals surface area contributed by atoms with Crippen LogP contribution < -0.4 is 15.8 Å². The van der Waals surface area contributed by atoms with Gasteiger partial charge in [-0.15, -0.1) is 0 Å². The Balaban J connectivity index is 1.32. The Labute approximate surface area is 171 Å². The zero-order valence-electron chi connectivity index (χ0n) is 15.6. The van der Waals surface area contributed by atoms with Crippen molar-refractivity contribution in [3.8, 4) is 0 Å². The molecular formula is C21H20ClFN4O2. The molecular weight excluding hydrogens is 395 g/mol. The zero-order chi connectivity index (χ0) is 20.4. The van der Waals surface area contributed by atoms with E-state index >= 15 is 0 Å². The molecule has 2 heterocycles. The number of hydrogen-bond acceptors (Lipinski definition) is 4. The summed E-state index contributed by atoms with van der Waals surface area (Å²) in [5, 5.41) is 3.87. The van der Waals surface area contributed by atoms with Crippen LogP contribution in [-0.4, -0.2) is 48.5 Å². The number of hydrogen-bond donors (Lipinski definition) is 2. The van der Waals surface area contributed by atoms with Crippen molar-refractivity contribution in [2.75, 3.05) is 42.9 Å². The molecule has 0 spiro atoms. The largest absolute Gasteiger partial charge is 0.369 e. The van der Waals surface area contributed by atoms with Crippen molar-refractivity contribution in [3.05, 3.63) is 69.7 Å². The van der Waals surface area contributed by atoms with Gasteiger partial charge in [-0.25, -0.2) is 4.39 Å². The fourth-order valence-corrected chi connectivity index (χ4v) is 3.60. The highest BCUT2D eigenvalue weighted by atomic mass is 35.5. The van der Waals surface area contributed by atoms with E-state index in [1.165, 1.54) is 12.1 Å². The van der Waals surface area contributed by atoms with Gasteiger partial charge >= 0.3 is 0 Å². The van der Waals surface area contributed by atoms with E-state index in [0.29, 0.717) is 31.9 Å². The maximum absolute atomic E-state index is 13.7. The number of nitrogens with one attached hydrogen (secondary N) is 2. The van der Waals surface area contributed by atoms with Crippen molar-refractivity contribution in [1.82, 2.24) is 9.88 Å². The number of pyridine rings is 1. The average Bonchev–Trinajstić information content (AvgIpc) is 2.71. The van der Waals surface area contributed by atoms with Gasteiger partial charge in [-0.05, 0) is 42.5 Å². The van der Waals surface area contributed by atoms with Crippen LogP contribution in [0.1, 0.15) is 0 Å². The second-order valence-electron chi connectivity index (χ2n) is 7.03. The van der Waals surface area contributed by atoms with E-state index in [1.807, 2.05) is 6.07 Å². The first-order valence-corrected chi connectivity index (χ1v) is 9.71. The molecule has 0 bridgehead atoms. The van der Waals surface area contributed by atoms with Crippen molar-refractivity contribution >= 4 is 39.8 Å². The summed E-state index contributed by atoms with van der Waals surface area (Å²) >= 11 is 5.74. The summed E-state index contributed by atoms with van der Waals surface area (Å²) in [5.41, 5.74) is 2.05. The molecule has 2 N–H and O–H groups in total. The van der Waals surface area contributed by atoms with Gasteiger partial charge in [0, 0.05) is 54.5 Å². The van der Waals surface area contributed by atoms with Gasteiger partial charge in [0.1, 0.15) is 5.82 Å². The van der Waals surface area contributed by atoms with Gasteiger partial charge in [0.2, 0.25) is 11.5 Å². The Kier molecular flexibility index (Phi) is 5.51. The minimum atomic E-state index is -0.426. The lowest BCUT2D eigenvalue weighted by molar-refractivity contribution is -0.117. The summed E-state index contributed by atoms with van der Waals surface area (Å²) in [6, 6.07) is 13.4. The Morgan fingerprint density at radius 3 is 2.62 bits per heavy atom. The van der Waals surface area contributed by atoms with E-state index in [1.54, 1.807) is 30.3 Å². The fourth-order valence-electron chi connectivity index (χ4n) is 3.48. The first-order valence-electron chi connectivity index (χ1n) is 9.33. The molecule has 1 aliphatic heterocycles. The molecule has 4 rings (SSSR count). The number of fused-ring (bicyclic) bond motifs is 1. The molecule has 0 radical (unpaired) electrons. The summed E-state index contributed by atoms with van der Waals surface area (Å²) in [6.45, 7) is 3.11. The number of rotatable bonds is 4. The normalized spacial score (nSPS) is 14.9. The van der Waals surface area contributed by atoms with Crippen molar-refractivity contribution in [2.45, 2.75) is 0 Å². The number of piperazine rings is 1. The van der Waals surface area contributed by atoms with E-state index in [-0.39, 0.29) is 23.0 Å². The Morgan fingerprint density at radius 1 is 1.07 bits per heavy atom. The fraction of sp³-hybridized carbons (Fsp3) is 0.238. The average molecular weight is 415 g/mol. The second-order valence-corrected chi connectivity index (χ2v) is 7.44. The third-order valence-corrected chi connectivity index (χ3v) is 5.32. The maximum atomic E-state index is 13.7. The Bertz CT molecular complexity index is 1110. The number of nitrogens with zero attached hydrogens (tertiary/aromatic N) is 2. The molecule has 0 unspecified atom stereocenters. The van der Waals surface area contributed by atoms with Crippen LogP contribution in [0.3, 0.4) is 0 Å². The van der Waals surface area contributed by atoms with Crippen molar-refractivity contribution in [1.29, 1.82) is 0 Å². The van der Waals surface area contributed by atoms with E-state index in [2.05, 4.69) is 20.1 Å². The molecule has 0 aliphatic carbocycles. The van der Waals surface area contributed by atoms with Gasteiger partial charge in [0.05, 0.1) is 11.6 Å². The topological polar surface area (TPSA) is 68.4 Å². The molecule has 3 aromatic rings. The molecule has 29 heavy (non-hydrogen) atoms. The maximum Gasteiger partial charge on any atom is 0.248 e. The number of H-pyrrole nitrogens is 1. The quantitative estimate of drug-likeness (QED) is 0.688.